The van der Waals surface area contributed by atoms with E-state index in [1.54, 1.807) is 30.3 Å². The maximum Gasteiger partial charge on any atom is 0.331 e. The van der Waals surface area contributed by atoms with Crippen molar-refractivity contribution in [2.45, 2.75) is 47.3 Å². The summed E-state index contributed by atoms with van der Waals surface area (Å²) in [5.41, 5.74) is 5.98. The third kappa shape index (κ3) is 6.28. The molecule has 1 heterocycles. The van der Waals surface area contributed by atoms with Crippen LogP contribution >= 0.6 is 0 Å². The first kappa shape index (κ1) is 24.6. The standard InChI is InChI=1S/C27H29N3O4/c1-17-6-8-22(9-7-17)16-30-19(3)25(18(2)29-30)14-15-26(32)34-21(5)27(33)28-24-12-10-23(11-13-24)20(4)31/h6-15,21H,16H2,1-5H3,(H,28,33)/b15-14+. The monoisotopic (exact) mass is 459 g/mol. The molecule has 0 aliphatic heterocycles. The highest BCUT2D eigenvalue weighted by Crippen LogP contribution is 2.17. The van der Waals surface area contributed by atoms with Crippen LogP contribution in [0.2, 0.25) is 0 Å². The summed E-state index contributed by atoms with van der Waals surface area (Å²) in [5, 5.41) is 7.26. The summed E-state index contributed by atoms with van der Waals surface area (Å²) >= 11 is 0. The number of anilines is 1. The predicted molar refractivity (Wildman–Crippen MR) is 132 cm³/mol. The van der Waals surface area contributed by atoms with Gasteiger partial charge in [-0.3, -0.25) is 14.3 Å². The molecule has 1 atom stereocenters. The van der Waals surface area contributed by atoms with E-state index in [0.29, 0.717) is 17.8 Å². The molecule has 1 unspecified atom stereocenters. The second-order valence-corrected chi connectivity index (χ2v) is 8.26. The van der Waals surface area contributed by atoms with Crippen LogP contribution in [0.25, 0.3) is 6.08 Å². The average molecular weight is 460 g/mol. The third-order valence-corrected chi connectivity index (χ3v) is 5.50. The molecule has 1 N–H and O–H groups in total. The van der Waals surface area contributed by atoms with Gasteiger partial charge < -0.3 is 10.1 Å². The van der Waals surface area contributed by atoms with Gasteiger partial charge in [0.1, 0.15) is 0 Å². The third-order valence-electron chi connectivity index (χ3n) is 5.50. The number of amides is 1. The summed E-state index contributed by atoms with van der Waals surface area (Å²) in [6, 6.07) is 14.8. The molecule has 0 radical (unpaired) electrons. The van der Waals surface area contributed by atoms with E-state index in [9.17, 15) is 14.4 Å². The molecule has 1 amide bonds. The van der Waals surface area contributed by atoms with Gasteiger partial charge >= 0.3 is 5.97 Å². The summed E-state index contributed by atoms with van der Waals surface area (Å²) in [5.74, 6) is -1.15. The van der Waals surface area contributed by atoms with E-state index < -0.39 is 18.0 Å². The number of nitrogens with zero attached hydrogens (tertiary/aromatic N) is 2. The van der Waals surface area contributed by atoms with Crippen LogP contribution in [0.3, 0.4) is 0 Å². The van der Waals surface area contributed by atoms with Gasteiger partial charge in [0, 0.05) is 28.6 Å². The fraction of sp³-hybridized carbons (Fsp3) is 0.259. The van der Waals surface area contributed by atoms with Crippen molar-refractivity contribution in [2.24, 2.45) is 0 Å². The lowest BCUT2D eigenvalue weighted by atomic mass is 10.1. The van der Waals surface area contributed by atoms with Crippen molar-refractivity contribution in [3.05, 3.63) is 88.2 Å². The molecule has 1 aromatic heterocycles. The topological polar surface area (TPSA) is 90.3 Å². The van der Waals surface area contributed by atoms with Crippen molar-refractivity contribution in [3.8, 4) is 0 Å². The lowest BCUT2D eigenvalue weighted by molar-refractivity contribution is -0.148. The van der Waals surface area contributed by atoms with E-state index in [1.165, 1.54) is 25.5 Å². The van der Waals surface area contributed by atoms with Crippen molar-refractivity contribution < 1.29 is 19.1 Å². The Bertz CT molecular complexity index is 1220. The number of aromatic nitrogens is 2. The maximum atomic E-state index is 12.4. The van der Waals surface area contributed by atoms with E-state index in [-0.39, 0.29) is 5.78 Å². The number of esters is 1. The van der Waals surface area contributed by atoms with Crippen molar-refractivity contribution in [2.75, 3.05) is 5.32 Å². The van der Waals surface area contributed by atoms with Crippen molar-refractivity contribution in [1.29, 1.82) is 0 Å². The highest BCUT2D eigenvalue weighted by molar-refractivity contribution is 5.98. The minimum absolute atomic E-state index is 0.0573. The SMILES string of the molecule is CC(=O)c1ccc(NC(=O)C(C)OC(=O)/C=C/c2c(C)nn(Cc3ccc(C)cc3)c2C)cc1. The first-order valence-electron chi connectivity index (χ1n) is 11.0. The van der Waals surface area contributed by atoms with Crippen LogP contribution in [-0.2, 0) is 20.9 Å². The number of benzene rings is 2. The number of Topliss-reactive ketones (excluding diaryl/α,β-unsaturated/α-hetero) is 1. The van der Waals surface area contributed by atoms with Crippen molar-refractivity contribution >= 4 is 29.4 Å². The molecule has 34 heavy (non-hydrogen) atoms. The zero-order valence-corrected chi connectivity index (χ0v) is 20.1. The summed E-state index contributed by atoms with van der Waals surface area (Å²) in [6.45, 7) is 9.49. The normalized spacial score (nSPS) is 11.9. The summed E-state index contributed by atoms with van der Waals surface area (Å²) in [4.78, 5) is 36.0. The van der Waals surface area contributed by atoms with Crippen LogP contribution in [0.1, 0.15) is 52.3 Å². The second kappa shape index (κ2) is 10.7. The lowest BCUT2D eigenvalue weighted by Crippen LogP contribution is -2.29. The van der Waals surface area contributed by atoms with Gasteiger partial charge in [-0.15, -0.1) is 0 Å². The number of carbonyl (C=O) groups excluding carboxylic acids is 3. The quantitative estimate of drug-likeness (QED) is 0.301. The largest absolute Gasteiger partial charge is 0.449 e. The molecule has 3 aromatic rings. The summed E-state index contributed by atoms with van der Waals surface area (Å²) < 4.78 is 7.14. The highest BCUT2D eigenvalue weighted by atomic mass is 16.5. The smallest absolute Gasteiger partial charge is 0.331 e. The van der Waals surface area contributed by atoms with Crippen LogP contribution in [0.5, 0.6) is 0 Å². The Hall–Kier alpha value is -4.00. The van der Waals surface area contributed by atoms with E-state index >= 15 is 0 Å². The van der Waals surface area contributed by atoms with E-state index in [1.807, 2.05) is 25.5 Å². The predicted octanol–water partition coefficient (Wildman–Crippen LogP) is 4.64. The van der Waals surface area contributed by atoms with E-state index in [4.69, 9.17) is 4.74 Å². The van der Waals surface area contributed by atoms with Crippen LogP contribution in [0, 0.1) is 20.8 Å². The van der Waals surface area contributed by atoms with Gasteiger partial charge in [0.2, 0.25) is 0 Å². The Labute approximate surface area is 199 Å². The van der Waals surface area contributed by atoms with Gasteiger partial charge in [0.15, 0.2) is 11.9 Å². The minimum atomic E-state index is -0.990. The molecule has 0 saturated heterocycles. The molecule has 0 saturated carbocycles. The Kier molecular flexibility index (Phi) is 7.79. The van der Waals surface area contributed by atoms with E-state index in [0.717, 1.165) is 22.5 Å². The number of rotatable bonds is 8. The number of carbonyl (C=O) groups is 3. The molecule has 3 rings (SSSR count). The summed E-state index contributed by atoms with van der Waals surface area (Å²) in [7, 11) is 0. The Morgan fingerprint density at radius 1 is 1.03 bits per heavy atom. The molecule has 0 spiro atoms. The van der Waals surface area contributed by atoms with Crippen molar-refractivity contribution in [3.63, 3.8) is 0 Å². The molecule has 0 aliphatic rings. The van der Waals surface area contributed by atoms with Gasteiger partial charge in [0.25, 0.3) is 5.91 Å². The van der Waals surface area contributed by atoms with Crippen LogP contribution in [-0.4, -0.2) is 33.5 Å². The van der Waals surface area contributed by atoms with Crippen LogP contribution < -0.4 is 5.32 Å². The fourth-order valence-electron chi connectivity index (χ4n) is 3.42. The molecule has 2 aromatic carbocycles. The van der Waals surface area contributed by atoms with Gasteiger partial charge in [-0.2, -0.15) is 5.10 Å². The molecule has 7 nitrogen and oxygen atoms in total. The Morgan fingerprint density at radius 2 is 1.68 bits per heavy atom. The second-order valence-electron chi connectivity index (χ2n) is 8.26. The molecular formula is C27H29N3O4. The zero-order chi connectivity index (χ0) is 24.8. The Morgan fingerprint density at radius 3 is 2.29 bits per heavy atom. The number of aryl methyl sites for hydroxylation is 2. The summed E-state index contributed by atoms with van der Waals surface area (Å²) in [6.07, 6.45) is 1.98. The van der Waals surface area contributed by atoms with Crippen LogP contribution in [0.15, 0.2) is 54.6 Å². The average Bonchev–Trinajstić information content (AvgIpc) is 3.06. The first-order chi connectivity index (χ1) is 16.1. The minimum Gasteiger partial charge on any atom is -0.449 e. The Balaban J connectivity index is 1.59. The molecule has 0 fully saturated rings. The first-order valence-corrected chi connectivity index (χ1v) is 11.0. The van der Waals surface area contributed by atoms with Gasteiger partial charge in [-0.05, 0) is 70.5 Å². The maximum absolute atomic E-state index is 12.4. The number of hydrogen-bond donors (Lipinski definition) is 1. The molecule has 0 bridgehead atoms. The number of nitrogens with one attached hydrogen (secondary N) is 1. The van der Waals surface area contributed by atoms with Gasteiger partial charge in [-0.25, -0.2) is 4.79 Å². The molecule has 7 heteroatoms. The van der Waals surface area contributed by atoms with Crippen LogP contribution in [0.4, 0.5) is 5.69 Å². The fourth-order valence-corrected chi connectivity index (χ4v) is 3.42. The lowest BCUT2D eigenvalue weighted by Gasteiger charge is -2.12. The molecule has 0 aliphatic carbocycles. The number of hydrogen-bond acceptors (Lipinski definition) is 5. The van der Waals surface area contributed by atoms with Gasteiger partial charge in [0.05, 0.1) is 12.2 Å². The zero-order valence-electron chi connectivity index (χ0n) is 20.1. The highest BCUT2D eigenvalue weighted by Gasteiger charge is 2.17. The van der Waals surface area contributed by atoms with Gasteiger partial charge in [-0.1, -0.05) is 29.8 Å². The number of ether oxygens (including phenoxy) is 1. The molecular weight excluding hydrogens is 430 g/mol. The van der Waals surface area contributed by atoms with Crippen molar-refractivity contribution in [1.82, 2.24) is 9.78 Å². The molecule has 176 valence electrons. The number of ketones is 1. The van der Waals surface area contributed by atoms with E-state index in [2.05, 4.69) is 34.7 Å².